The van der Waals surface area contributed by atoms with Crippen LogP contribution in [-0.4, -0.2) is 37.0 Å². The van der Waals surface area contributed by atoms with Crippen LogP contribution >= 0.6 is 0 Å². The minimum Gasteiger partial charge on any atom is -0.268 e. The molecule has 0 radical (unpaired) electrons. The number of sulfone groups is 1. The molecule has 2 aliphatic rings. The van der Waals surface area contributed by atoms with Gasteiger partial charge in [-0.3, -0.25) is 5.84 Å². The molecule has 0 bridgehead atoms. The maximum atomic E-state index is 11.7. The van der Waals surface area contributed by atoms with Gasteiger partial charge in [0, 0.05) is 12.6 Å². The Kier molecular flexibility index (Phi) is 2.33. The van der Waals surface area contributed by atoms with E-state index in [0.29, 0.717) is 6.54 Å². The SMILES string of the molecule is NN1CCS(=O)(=O)C2CCCCC21. The van der Waals surface area contributed by atoms with E-state index in [9.17, 15) is 8.42 Å². The molecule has 0 aromatic rings. The Morgan fingerprint density at radius 2 is 1.92 bits per heavy atom. The van der Waals surface area contributed by atoms with Gasteiger partial charge in [0.25, 0.3) is 0 Å². The van der Waals surface area contributed by atoms with Gasteiger partial charge >= 0.3 is 0 Å². The van der Waals surface area contributed by atoms with Crippen molar-refractivity contribution in [1.82, 2.24) is 5.01 Å². The number of hydrogen-bond donors (Lipinski definition) is 1. The summed E-state index contributed by atoms with van der Waals surface area (Å²) in [6, 6.07) is 0.0903. The molecule has 13 heavy (non-hydrogen) atoms. The first-order chi connectivity index (χ1) is 6.11. The summed E-state index contributed by atoms with van der Waals surface area (Å²) in [5, 5.41) is 1.55. The Bertz CT molecular complexity index is 289. The Morgan fingerprint density at radius 3 is 2.62 bits per heavy atom. The molecule has 0 aromatic carbocycles. The molecule has 2 rings (SSSR count). The van der Waals surface area contributed by atoms with E-state index in [1.165, 1.54) is 0 Å². The Labute approximate surface area is 79.0 Å². The van der Waals surface area contributed by atoms with Crippen molar-refractivity contribution in [3.8, 4) is 0 Å². The van der Waals surface area contributed by atoms with Crippen molar-refractivity contribution in [3.63, 3.8) is 0 Å². The zero-order chi connectivity index (χ0) is 9.47. The molecule has 4 nitrogen and oxygen atoms in total. The summed E-state index contributed by atoms with van der Waals surface area (Å²) in [5.74, 6) is 6.02. The first kappa shape index (κ1) is 9.43. The van der Waals surface area contributed by atoms with Crippen LogP contribution in [-0.2, 0) is 9.84 Å². The Hall–Kier alpha value is -0.130. The van der Waals surface area contributed by atoms with Crippen LogP contribution in [0, 0.1) is 0 Å². The van der Waals surface area contributed by atoms with Gasteiger partial charge in [-0.1, -0.05) is 12.8 Å². The highest BCUT2D eigenvalue weighted by Crippen LogP contribution is 2.30. The molecule has 2 fully saturated rings. The van der Waals surface area contributed by atoms with Crippen molar-refractivity contribution >= 4 is 9.84 Å². The summed E-state index contributed by atoms with van der Waals surface area (Å²) in [5.41, 5.74) is 0. The first-order valence-electron chi connectivity index (χ1n) is 4.84. The number of nitrogens with zero attached hydrogens (tertiary/aromatic N) is 1. The van der Waals surface area contributed by atoms with Crippen LogP contribution in [0.2, 0.25) is 0 Å². The largest absolute Gasteiger partial charge is 0.268 e. The highest BCUT2D eigenvalue weighted by atomic mass is 32.2. The lowest BCUT2D eigenvalue weighted by Crippen LogP contribution is -2.58. The van der Waals surface area contributed by atoms with Crippen LogP contribution in [0.3, 0.4) is 0 Å². The lowest BCUT2D eigenvalue weighted by atomic mass is 9.94. The van der Waals surface area contributed by atoms with Gasteiger partial charge in [-0.05, 0) is 12.8 Å². The summed E-state index contributed by atoms with van der Waals surface area (Å²) in [6.45, 7) is 0.503. The number of hydrogen-bond acceptors (Lipinski definition) is 4. The summed E-state index contributed by atoms with van der Waals surface area (Å²) < 4.78 is 23.4. The maximum absolute atomic E-state index is 11.7. The third-order valence-corrected chi connectivity index (χ3v) is 5.41. The molecule has 0 amide bonds. The molecule has 5 heteroatoms. The fraction of sp³-hybridized carbons (Fsp3) is 1.00. The minimum atomic E-state index is -2.84. The second-order valence-electron chi connectivity index (χ2n) is 4.00. The fourth-order valence-electron chi connectivity index (χ4n) is 2.43. The zero-order valence-electron chi connectivity index (χ0n) is 7.65. The van der Waals surface area contributed by atoms with Crippen molar-refractivity contribution in [3.05, 3.63) is 0 Å². The molecule has 1 heterocycles. The van der Waals surface area contributed by atoms with E-state index in [2.05, 4.69) is 0 Å². The number of nitrogens with two attached hydrogens (primary N) is 1. The molecule has 0 spiro atoms. The van der Waals surface area contributed by atoms with E-state index in [4.69, 9.17) is 5.84 Å². The number of rotatable bonds is 0. The van der Waals surface area contributed by atoms with Gasteiger partial charge in [-0.15, -0.1) is 0 Å². The van der Waals surface area contributed by atoms with E-state index < -0.39 is 9.84 Å². The van der Waals surface area contributed by atoms with Gasteiger partial charge in [0.1, 0.15) is 0 Å². The van der Waals surface area contributed by atoms with Crippen LogP contribution in [0.25, 0.3) is 0 Å². The zero-order valence-corrected chi connectivity index (χ0v) is 8.46. The smallest absolute Gasteiger partial charge is 0.156 e. The molecular formula is C8H16N2O2S. The summed E-state index contributed by atoms with van der Waals surface area (Å²) in [4.78, 5) is 0. The average Bonchev–Trinajstić information content (AvgIpc) is 2.13. The summed E-state index contributed by atoms with van der Waals surface area (Å²) in [6.07, 6.45) is 3.90. The molecule has 1 saturated heterocycles. The molecule has 2 atom stereocenters. The standard InChI is InChI=1S/C8H16N2O2S/c9-10-5-6-13(11,12)8-4-2-1-3-7(8)10/h7-8H,1-6,9H2. The van der Waals surface area contributed by atoms with E-state index in [1.807, 2.05) is 0 Å². The Morgan fingerprint density at radius 1 is 1.23 bits per heavy atom. The molecule has 1 aliphatic carbocycles. The van der Waals surface area contributed by atoms with E-state index >= 15 is 0 Å². The summed E-state index contributed by atoms with van der Waals surface area (Å²) >= 11 is 0. The maximum Gasteiger partial charge on any atom is 0.156 e. The van der Waals surface area contributed by atoms with E-state index in [1.54, 1.807) is 5.01 Å². The van der Waals surface area contributed by atoms with E-state index in [0.717, 1.165) is 25.7 Å². The highest BCUT2D eigenvalue weighted by molar-refractivity contribution is 7.92. The predicted octanol–water partition coefficient (Wildman–Crippen LogP) is -0.0983. The number of hydrazine groups is 1. The molecule has 0 aromatic heterocycles. The van der Waals surface area contributed by atoms with Crippen LogP contribution in [0.5, 0.6) is 0 Å². The second kappa shape index (κ2) is 3.22. The van der Waals surface area contributed by atoms with Crippen molar-refractivity contribution in [2.45, 2.75) is 37.0 Å². The fourth-order valence-corrected chi connectivity index (χ4v) is 4.49. The summed E-state index contributed by atoms with van der Waals surface area (Å²) in [7, 11) is -2.84. The monoisotopic (exact) mass is 204 g/mol. The molecule has 2 N–H and O–H groups in total. The van der Waals surface area contributed by atoms with Crippen molar-refractivity contribution < 1.29 is 8.42 Å². The van der Waals surface area contributed by atoms with Crippen molar-refractivity contribution in [2.24, 2.45) is 5.84 Å². The molecule has 2 unspecified atom stereocenters. The van der Waals surface area contributed by atoms with Crippen LogP contribution < -0.4 is 5.84 Å². The lowest BCUT2D eigenvalue weighted by molar-refractivity contribution is 0.159. The molecular weight excluding hydrogens is 188 g/mol. The van der Waals surface area contributed by atoms with Crippen molar-refractivity contribution in [1.29, 1.82) is 0 Å². The van der Waals surface area contributed by atoms with Gasteiger partial charge in [-0.2, -0.15) is 0 Å². The quantitative estimate of drug-likeness (QED) is 0.560. The molecule has 1 aliphatic heterocycles. The molecule has 76 valence electrons. The third kappa shape index (κ3) is 1.60. The number of fused-ring (bicyclic) bond motifs is 1. The molecule has 1 saturated carbocycles. The van der Waals surface area contributed by atoms with Gasteiger partial charge < -0.3 is 0 Å². The van der Waals surface area contributed by atoms with Crippen LogP contribution in [0.15, 0.2) is 0 Å². The van der Waals surface area contributed by atoms with E-state index in [-0.39, 0.29) is 17.0 Å². The van der Waals surface area contributed by atoms with Gasteiger partial charge in [-0.25, -0.2) is 13.4 Å². The lowest BCUT2D eigenvalue weighted by Gasteiger charge is -2.40. The van der Waals surface area contributed by atoms with Gasteiger partial charge in [0.05, 0.1) is 11.0 Å². The van der Waals surface area contributed by atoms with Gasteiger partial charge in [0.2, 0.25) is 0 Å². The average molecular weight is 204 g/mol. The van der Waals surface area contributed by atoms with Gasteiger partial charge in [0.15, 0.2) is 9.84 Å². The highest BCUT2D eigenvalue weighted by Gasteiger charge is 2.41. The topological polar surface area (TPSA) is 63.4 Å². The normalized spacial score (nSPS) is 39.8. The van der Waals surface area contributed by atoms with Crippen LogP contribution in [0.1, 0.15) is 25.7 Å². The Balaban J connectivity index is 2.24. The third-order valence-electron chi connectivity index (χ3n) is 3.19. The minimum absolute atomic E-state index is 0.0903. The van der Waals surface area contributed by atoms with Crippen molar-refractivity contribution in [2.75, 3.05) is 12.3 Å². The first-order valence-corrected chi connectivity index (χ1v) is 6.56. The predicted molar refractivity (Wildman–Crippen MR) is 50.7 cm³/mol. The second-order valence-corrected chi connectivity index (χ2v) is 6.33. The van der Waals surface area contributed by atoms with Crippen LogP contribution in [0.4, 0.5) is 0 Å².